The van der Waals surface area contributed by atoms with Crippen LogP contribution in [0.1, 0.15) is 5.56 Å². The molecule has 0 saturated heterocycles. The number of hydrogen-bond acceptors (Lipinski definition) is 4. The summed E-state index contributed by atoms with van der Waals surface area (Å²) in [4.78, 5) is 12.6. The first-order valence-electron chi connectivity index (χ1n) is 7.35. The molecule has 0 unspecified atom stereocenters. The minimum atomic E-state index is -0.432. The third kappa shape index (κ3) is 3.69. The van der Waals surface area contributed by atoms with Gasteiger partial charge in [-0.25, -0.2) is 0 Å². The molecule has 1 aromatic heterocycles. The Hall–Kier alpha value is -2.33. The number of aromatic amines is 1. The van der Waals surface area contributed by atoms with Gasteiger partial charge in [0.15, 0.2) is 10.8 Å². The van der Waals surface area contributed by atoms with Crippen LogP contribution >= 0.6 is 34.8 Å². The largest absolute Gasteiger partial charge is 0.374 e. The Morgan fingerprint density at radius 2 is 1.92 bits per heavy atom. The zero-order chi connectivity index (χ0) is 18.0. The smallest absolute Gasteiger partial charge is 0.301 e. The number of nitrogens with zero attached hydrogens (tertiary/aromatic N) is 3. The van der Waals surface area contributed by atoms with Crippen molar-refractivity contribution in [3.63, 3.8) is 0 Å². The maximum absolute atomic E-state index is 12.6. The van der Waals surface area contributed by atoms with Crippen LogP contribution in [0.2, 0.25) is 0 Å². The van der Waals surface area contributed by atoms with Crippen molar-refractivity contribution in [3.8, 4) is 11.3 Å². The van der Waals surface area contributed by atoms with Gasteiger partial charge in [0.1, 0.15) is 0 Å². The van der Waals surface area contributed by atoms with E-state index < -0.39 is 5.56 Å². The fourth-order valence-corrected chi connectivity index (χ4v) is 3.09. The summed E-state index contributed by atoms with van der Waals surface area (Å²) in [7, 11) is 0. The van der Waals surface area contributed by atoms with Crippen LogP contribution in [0.3, 0.4) is 0 Å². The molecule has 0 fully saturated rings. The molecule has 0 aliphatic carbocycles. The van der Waals surface area contributed by atoms with Crippen molar-refractivity contribution in [3.05, 3.63) is 68.0 Å². The van der Waals surface area contributed by atoms with Gasteiger partial charge >= 0.3 is 5.56 Å². The molecule has 6 nitrogen and oxygen atoms in total. The number of thiocarbonyl (C=S) groups is 1. The van der Waals surface area contributed by atoms with Crippen molar-refractivity contribution in [2.45, 2.75) is 6.92 Å². The Bertz CT molecular complexity index is 1020. The molecule has 3 aromatic rings. The minimum Gasteiger partial charge on any atom is -0.374 e. The van der Waals surface area contributed by atoms with Crippen LogP contribution in [0.15, 0.2) is 63.6 Å². The second-order valence-electron chi connectivity index (χ2n) is 5.31. The Morgan fingerprint density at radius 3 is 2.56 bits per heavy atom. The van der Waals surface area contributed by atoms with Gasteiger partial charge in [-0.1, -0.05) is 30.3 Å². The molecule has 126 valence electrons. The molecule has 0 aliphatic rings. The van der Waals surface area contributed by atoms with Gasteiger partial charge in [-0.3, -0.25) is 9.89 Å². The number of aryl methyl sites for hydroxylation is 1. The maximum Gasteiger partial charge on any atom is 0.301 e. The van der Waals surface area contributed by atoms with Gasteiger partial charge in [0.2, 0.25) is 0 Å². The number of hydrogen-bond donors (Lipinski definition) is 2. The van der Waals surface area contributed by atoms with Crippen molar-refractivity contribution in [2.24, 2.45) is 16.0 Å². The molecule has 3 N–H and O–H groups in total. The third-order valence-electron chi connectivity index (χ3n) is 3.57. The fourth-order valence-electron chi connectivity index (χ4n) is 2.32. The summed E-state index contributed by atoms with van der Waals surface area (Å²) in [5.41, 5.74) is 8.33. The number of azo groups is 1. The zero-order valence-corrected chi connectivity index (χ0v) is 16.2. The monoisotopic (exact) mass is 463 g/mol. The fraction of sp³-hybridized carbons (Fsp3) is 0.0588. The van der Waals surface area contributed by atoms with E-state index in [9.17, 15) is 4.79 Å². The van der Waals surface area contributed by atoms with Gasteiger partial charge in [0.05, 0.1) is 11.4 Å². The van der Waals surface area contributed by atoms with Gasteiger partial charge in [-0.2, -0.15) is 9.80 Å². The van der Waals surface area contributed by atoms with E-state index in [1.54, 1.807) is 0 Å². The van der Waals surface area contributed by atoms with Crippen molar-refractivity contribution >= 4 is 51.3 Å². The average molecular weight is 463 g/mol. The number of benzene rings is 2. The molecule has 0 amide bonds. The van der Waals surface area contributed by atoms with Crippen LogP contribution in [0.4, 0.5) is 11.4 Å². The third-order valence-corrected chi connectivity index (χ3v) is 4.42. The number of nitrogens with one attached hydrogen (secondary N) is 1. The molecule has 0 radical (unpaired) electrons. The lowest BCUT2D eigenvalue weighted by molar-refractivity contribution is 0.910. The number of rotatable bonds is 3. The van der Waals surface area contributed by atoms with Gasteiger partial charge in [0.25, 0.3) is 0 Å². The number of H-pyrrole nitrogens is 1. The number of aromatic nitrogens is 2. The molecule has 8 heteroatoms. The molecule has 0 spiro atoms. The first-order valence-corrected chi connectivity index (χ1v) is 8.84. The number of halogens is 1. The quantitative estimate of drug-likeness (QED) is 0.346. The summed E-state index contributed by atoms with van der Waals surface area (Å²) >= 11 is 7.15. The second-order valence-corrected chi connectivity index (χ2v) is 6.97. The van der Waals surface area contributed by atoms with E-state index in [4.69, 9.17) is 18.0 Å². The molecule has 1 heterocycles. The summed E-state index contributed by atoms with van der Waals surface area (Å²) < 4.78 is 2.20. The highest BCUT2D eigenvalue weighted by Crippen LogP contribution is 2.28. The van der Waals surface area contributed by atoms with Crippen LogP contribution in [-0.4, -0.2) is 14.9 Å². The Labute approximate surface area is 162 Å². The molecule has 0 atom stereocenters. The normalized spacial score (nSPS) is 11.1. The van der Waals surface area contributed by atoms with E-state index in [2.05, 4.69) is 37.9 Å². The van der Waals surface area contributed by atoms with E-state index in [1.165, 1.54) is 0 Å². The van der Waals surface area contributed by atoms with Crippen LogP contribution in [0, 0.1) is 10.5 Å². The lowest BCUT2D eigenvalue weighted by Crippen LogP contribution is -2.29. The van der Waals surface area contributed by atoms with Crippen molar-refractivity contribution in [1.29, 1.82) is 0 Å². The van der Waals surface area contributed by atoms with Crippen LogP contribution in [-0.2, 0) is 0 Å². The van der Waals surface area contributed by atoms with Crippen molar-refractivity contribution in [2.75, 3.05) is 0 Å². The Kier molecular flexibility index (Phi) is 5.09. The Balaban J connectivity index is 2.13. The van der Waals surface area contributed by atoms with E-state index in [0.29, 0.717) is 11.4 Å². The van der Waals surface area contributed by atoms with Gasteiger partial charge in [0, 0.05) is 9.13 Å². The van der Waals surface area contributed by atoms with E-state index >= 15 is 0 Å². The minimum absolute atomic E-state index is 0.0749. The maximum atomic E-state index is 12.6. The zero-order valence-electron chi connectivity index (χ0n) is 13.2. The summed E-state index contributed by atoms with van der Waals surface area (Å²) in [6.45, 7) is 1.94. The van der Waals surface area contributed by atoms with E-state index in [1.807, 2.05) is 55.5 Å². The van der Waals surface area contributed by atoms with Crippen LogP contribution < -0.4 is 11.3 Å². The average Bonchev–Trinajstić information content (AvgIpc) is 2.92. The predicted molar refractivity (Wildman–Crippen MR) is 111 cm³/mol. The molecule has 0 aliphatic heterocycles. The highest BCUT2D eigenvalue weighted by atomic mass is 127. The van der Waals surface area contributed by atoms with E-state index in [0.717, 1.165) is 19.4 Å². The molecule has 25 heavy (non-hydrogen) atoms. The molecule has 0 bridgehead atoms. The van der Waals surface area contributed by atoms with Crippen molar-refractivity contribution in [1.82, 2.24) is 9.78 Å². The summed E-state index contributed by atoms with van der Waals surface area (Å²) in [5.74, 6) is 0. The lowest BCUT2D eigenvalue weighted by atomic mass is 10.1. The van der Waals surface area contributed by atoms with Crippen molar-refractivity contribution < 1.29 is 0 Å². The predicted octanol–water partition coefficient (Wildman–Crippen LogP) is 4.26. The van der Waals surface area contributed by atoms with Gasteiger partial charge in [-0.05, 0) is 65.5 Å². The highest BCUT2D eigenvalue weighted by Gasteiger charge is 2.17. The van der Waals surface area contributed by atoms with Gasteiger partial charge < -0.3 is 5.73 Å². The van der Waals surface area contributed by atoms with E-state index in [-0.39, 0.29) is 10.8 Å². The standard InChI is InChI=1S/C17H14IN5OS/c1-10-9-12(18)7-8-13(10)20-21-15-14(11-5-3-2-4-6-11)22-23(16(15)24)17(19)25/h2-9,22H,1H3,(H2,19,25). The van der Waals surface area contributed by atoms with Crippen LogP contribution in [0.25, 0.3) is 11.3 Å². The summed E-state index contributed by atoms with van der Waals surface area (Å²) in [6, 6.07) is 15.2. The summed E-state index contributed by atoms with van der Waals surface area (Å²) in [6.07, 6.45) is 0. The first kappa shape index (κ1) is 17.5. The first-order chi connectivity index (χ1) is 12.0. The molecule has 2 aromatic carbocycles. The van der Waals surface area contributed by atoms with Gasteiger partial charge in [-0.15, -0.1) is 5.11 Å². The Morgan fingerprint density at radius 1 is 1.20 bits per heavy atom. The van der Waals surface area contributed by atoms with Crippen LogP contribution in [0.5, 0.6) is 0 Å². The SMILES string of the molecule is Cc1cc(I)ccc1N=Nc1c(-c2ccccc2)[nH]n(C(N)=S)c1=O. The number of nitrogens with two attached hydrogens (primary N) is 1. The topological polar surface area (TPSA) is 88.5 Å². The molecule has 0 saturated carbocycles. The molecular weight excluding hydrogens is 449 g/mol. The second kappa shape index (κ2) is 7.28. The molecule has 3 rings (SSSR count). The highest BCUT2D eigenvalue weighted by molar-refractivity contribution is 14.1. The lowest BCUT2D eigenvalue weighted by Gasteiger charge is -2.00. The summed E-state index contributed by atoms with van der Waals surface area (Å²) in [5, 5.41) is 11.3. The molecular formula is C17H14IN5OS.